The minimum atomic E-state index is -4.43. The lowest BCUT2D eigenvalue weighted by Crippen LogP contribution is -2.20. The van der Waals surface area contributed by atoms with Crippen LogP contribution >= 0.6 is 0 Å². The van der Waals surface area contributed by atoms with E-state index in [2.05, 4.69) is 15.6 Å². The number of amides is 2. The molecule has 2 amide bonds. The number of aromatic nitrogens is 1. The number of rotatable bonds is 4. The van der Waals surface area contributed by atoms with Crippen LogP contribution in [-0.4, -0.2) is 16.8 Å². The number of halogens is 3. The largest absolute Gasteiger partial charge is 0.416 e. The first kappa shape index (κ1) is 18.9. The van der Waals surface area contributed by atoms with E-state index in [1.54, 1.807) is 24.4 Å². The number of hydrogen-bond donors (Lipinski definition) is 2. The average molecular weight is 399 g/mol. The third-order valence-electron chi connectivity index (χ3n) is 4.83. The van der Waals surface area contributed by atoms with Crippen molar-refractivity contribution in [2.24, 2.45) is 11.8 Å². The van der Waals surface area contributed by atoms with Crippen LogP contribution in [0.15, 0.2) is 60.8 Å². The number of carbonyl (C=O) groups excluding carboxylic acids is 2. The van der Waals surface area contributed by atoms with Crippen molar-refractivity contribution in [2.45, 2.75) is 12.6 Å². The molecule has 148 valence electrons. The summed E-state index contributed by atoms with van der Waals surface area (Å²) in [6, 6.07) is 13.3. The first-order valence-electron chi connectivity index (χ1n) is 8.95. The van der Waals surface area contributed by atoms with Crippen LogP contribution in [0.4, 0.5) is 24.5 Å². The molecule has 0 spiro atoms. The quantitative estimate of drug-likeness (QED) is 0.680. The van der Waals surface area contributed by atoms with Crippen molar-refractivity contribution < 1.29 is 22.8 Å². The van der Waals surface area contributed by atoms with Crippen LogP contribution in [-0.2, 0) is 15.8 Å². The molecule has 4 rings (SSSR count). The van der Waals surface area contributed by atoms with Crippen LogP contribution in [0.25, 0.3) is 10.9 Å². The minimum Gasteiger partial charge on any atom is -0.326 e. The molecule has 5 nitrogen and oxygen atoms in total. The maximum atomic E-state index is 12.6. The van der Waals surface area contributed by atoms with E-state index in [1.165, 1.54) is 12.1 Å². The summed E-state index contributed by atoms with van der Waals surface area (Å²) in [6.45, 7) is 0. The number of benzene rings is 2. The van der Waals surface area contributed by atoms with Crippen molar-refractivity contribution in [3.05, 3.63) is 66.4 Å². The molecule has 1 aromatic heterocycles. The van der Waals surface area contributed by atoms with Crippen LogP contribution in [0, 0.1) is 11.8 Å². The maximum absolute atomic E-state index is 12.6. The zero-order valence-corrected chi connectivity index (χ0v) is 15.0. The molecule has 8 heteroatoms. The minimum absolute atomic E-state index is 0.257. The van der Waals surface area contributed by atoms with Gasteiger partial charge >= 0.3 is 6.18 Å². The molecule has 1 aliphatic carbocycles. The highest BCUT2D eigenvalue weighted by molar-refractivity contribution is 6.06. The molecule has 1 heterocycles. The Balaban J connectivity index is 1.37. The van der Waals surface area contributed by atoms with E-state index in [1.807, 2.05) is 12.1 Å². The summed E-state index contributed by atoms with van der Waals surface area (Å²) in [7, 11) is 0. The van der Waals surface area contributed by atoms with E-state index in [0.29, 0.717) is 17.6 Å². The molecule has 2 aromatic carbocycles. The fraction of sp³-hybridized carbons (Fsp3) is 0.190. The molecule has 0 saturated heterocycles. The molecule has 2 unspecified atom stereocenters. The van der Waals surface area contributed by atoms with Gasteiger partial charge in [-0.2, -0.15) is 13.2 Å². The van der Waals surface area contributed by atoms with Gasteiger partial charge in [0.1, 0.15) is 0 Å². The van der Waals surface area contributed by atoms with Gasteiger partial charge in [-0.25, -0.2) is 0 Å². The highest BCUT2D eigenvalue weighted by Crippen LogP contribution is 2.40. The molecule has 2 N–H and O–H groups in total. The summed E-state index contributed by atoms with van der Waals surface area (Å²) in [6.07, 6.45) is -2.41. The van der Waals surface area contributed by atoms with Crippen molar-refractivity contribution in [1.29, 1.82) is 0 Å². The molecule has 1 fully saturated rings. The van der Waals surface area contributed by atoms with Crippen LogP contribution in [0.2, 0.25) is 0 Å². The predicted octanol–water partition coefficient (Wildman–Crippen LogP) is 4.47. The molecule has 0 radical (unpaired) electrons. The third kappa shape index (κ3) is 4.06. The predicted molar refractivity (Wildman–Crippen MR) is 102 cm³/mol. The standard InChI is InChI=1S/C21H16F3N3O2/c22-21(23,24)13-6-8-14(9-7-13)26-19(28)15-11-16(15)20(29)27-17-5-1-3-12-4-2-10-25-18(12)17/h1-10,15-16H,11H2,(H,26,28)(H,27,29). The number of fused-ring (bicyclic) bond motifs is 1. The van der Waals surface area contributed by atoms with E-state index < -0.39 is 23.6 Å². The van der Waals surface area contributed by atoms with Gasteiger partial charge < -0.3 is 10.6 Å². The molecule has 1 aliphatic rings. The van der Waals surface area contributed by atoms with Crippen molar-refractivity contribution in [3.63, 3.8) is 0 Å². The Kier molecular flexibility index (Phi) is 4.70. The average Bonchev–Trinajstić information content (AvgIpc) is 3.49. The molecule has 2 atom stereocenters. The topological polar surface area (TPSA) is 71.1 Å². The fourth-order valence-electron chi connectivity index (χ4n) is 3.18. The first-order valence-corrected chi connectivity index (χ1v) is 8.95. The Morgan fingerprint density at radius 3 is 2.24 bits per heavy atom. The van der Waals surface area contributed by atoms with E-state index in [0.717, 1.165) is 17.5 Å². The van der Waals surface area contributed by atoms with Gasteiger partial charge in [-0.3, -0.25) is 14.6 Å². The van der Waals surface area contributed by atoms with Gasteiger partial charge in [0, 0.05) is 17.3 Å². The van der Waals surface area contributed by atoms with E-state index in [-0.39, 0.29) is 17.5 Å². The van der Waals surface area contributed by atoms with Crippen molar-refractivity contribution >= 4 is 34.1 Å². The third-order valence-corrected chi connectivity index (χ3v) is 4.83. The second-order valence-electron chi connectivity index (χ2n) is 6.88. The number of carbonyl (C=O) groups is 2. The Labute approximate surface area is 163 Å². The highest BCUT2D eigenvalue weighted by Gasteiger charge is 2.48. The Hall–Kier alpha value is -3.42. The number of nitrogens with zero attached hydrogens (tertiary/aromatic N) is 1. The van der Waals surface area contributed by atoms with E-state index in [9.17, 15) is 22.8 Å². The molecule has 0 aliphatic heterocycles. The summed E-state index contributed by atoms with van der Waals surface area (Å²) in [4.78, 5) is 29.1. The van der Waals surface area contributed by atoms with Gasteiger partial charge in [-0.1, -0.05) is 18.2 Å². The lowest BCUT2D eigenvalue weighted by Gasteiger charge is -2.09. The SMILES string of the molecule is O=C(Nc1ccc(C(F)(F)F)cc1)C1CC1C(=O)Nc1cccc2cccnc12. The number of para-hydroxylation sites is 1. The van der Waals surface area contributed by atoms with Gasteiger partial charge in [-0.05, 0) is 42.8 Å². The highest BCUT2D eigenvalue weighted by atomic mass is 19.4. The molecular weight excluding hydrogens is 383 g/mol. The van der Waals surface area contributed by atoms with Crippen LogP contribution in [0.1, 0.15) is 12.0 Å². The normalized spacial score (nSPS) is 18.3. The molecule has 0 bridgehead atoms. The van der Waals surface area contributed by atoms with Gasteiger partial charge in [0.25, 0.3) is 0 Å². The van der Waals surface area contributed by atoms with Crippen molar-refractivity contribution in [1.82, 2.24) is 4.98 Å². The van der Waals surface area contributed by atoms with Crippen LogP contribution in [0.5, 0.6) is 0 Å². The molecule has 1 saturated carbocycles. The van der Waals surface area contributed by atoms with Gasteiger partial charge in [0.15, 0.2) is 0 Å². The summed E-state index contributed by atoms with van der Waals surface area (Å²) >= 11 is 0. The maximum Gasteiger partial charge on any atom is 0.416 e. The number of anilines is 2. The molecule has 29 heavy (non-hydrogen) atoms. The molecule has 3 aromatic rings. The monoisotopic (exact) mass is 399 g/mol. The van der Waals surface area contributed by atoms with E-state index >= 15 is 0 Å². The number of alkyl halides is 3. The Morgan fingerprint density at radius 1 is 0.897 bits per heavy atom. The number of nitrogens with one attached hydrogen (secondary N) is 2. The Bertz CT molecular complexity index is 1080. The van der Waals surface area contributed by atoms with Crippen molar-refractivity contribution in [2.75, 3.05) is 10.6 Å². The van der Waals surface area contributed by atoms with Crippen LogP contribution < -0.4 is 10.6 Å². The second-order valence-corrected chi connectivity index (χ2v) is 6.88. The summed E-state index contributed by atoms with van der Waals surface area (Å²) in [5.74, 6) is -1.67. The van der Waals surface area contributed by atoms with E-state index in [4.69, 9.17) is 0 Å². The Morgan fingerprint density at radius 2 is 1.55 bits per heavy atom. The number of pyridine rings is 1. The zero-order chi connectivity index (χ0) is 20.6. The van der Waals surface area contributed by atoms with Gasteiger partial charge in [-0.15, -0.1) is 0 Å². The smallest absolute Gasteiger partial charge is 0.326 e. The number of hydrogen-bond acceptors (Lipinski definition) is 3. The summed E-state index contributed by atoms with van der Waals surface area (Å²) in [5.41, 5.74) is 0.701. The molecular formula is C21H16F3N3O2. The van der Waals surface area contributed by atoms with Gasteiger partial charge in [0.05, 0.1) is 28.6 Å². The van der Waals surface area contributed by atoms with Crippen molar-refractivity contribution in [3.8, 4) is 0 Å². The summed E-state index contributed by atoms with van der Waals surface area (Å²) in [5, 5.41) is 6.26. The van der Waals surface area contributed by atoms with Crippen LogP contribution in [0.3, 0.4) is 0 Å². The lowest BCUT2D eigenvalue weighted by molar-refractivity contribution is -0.137. The second kappa shape index (κ2) is 7.20. The lowest BCUT2D eigenvalue weighted by atomic mass is 10.2. The fourth-order valence-corrected chi connectivity index (χ4v) is 3.18. The summed E-state index contributed by atoms with van der Waals surface area (Å²) < 4.78 is 37.8. The first-order chi connectivity index (χ1) is 13.8. The zero-order valence-electron chi connectivity index (χ0n) is 15.0. The van der Waals surface area contributed by atoms with Gasteiger partial charge in [0.2, 0.25) is 11.8 Å².